The summed E-state index contributed by atoms with van der Waals surface area (Å²) in [5.74, 6) is -0.466. The number of alkyl carbamates (subject to hydrolysis) is 1. The second kappa shape index (κ2) is 11.3. The van der Waals surface area contributed by atoms with E-state index in [1.54, 1.807) is 31.2 Å². The minimum absolute atomic E-state index is 0.0920. The van der Waals surface area contributed by atoms with Gasteiger partial charge in [0, 0.05) is 12.2 Å². The van der Waals surface area contributed by atoms with Gasteiger partial charge in [0.05, 0.1) is 10.6 Å². The van der Waals surface area contributed by atoms with E-state index in [0.29, 0.717) is 11.4 Å². The minimum Gasteiger partial charge on any atom is -0.445 e. The van der Waals surface area contributed by atoms with Gasteiger partial charge in [-0.25, -0.2) is 13.2 Å². The van der Waals surface area contributed by atoms with E-state index in [1.807, 2.05) is 36.4 Å². The summed E-state index contributed by atoms with van der Waals surface area (Å²) in [6.07, 6.45) is -0.714. The molecule has 0 unspecified atom stereocenters. The molecule has 0 aliphatic carbocycles. The highest BCUT2D eigenvalue weighted by atomic mass is 32.2. The molecule has 0 saturated heterocycles. The molecule has 0 bridgehead atoms. The second-order valence-electron chi connectivity index (χ2n) is 7.45. The first-order chi connectivity index (χ1) is 16.3. The lowest BCUT2D eigenvalue weighted by Gasteiger charge is -2.23. The number of nitrogens with zero attached hydrogens (tertiary/aromatic N) is 1. The highest BCUT2D eigenvalue weighted by Crippen LogP contribution is 2.24. The third-order valence-electron chi connectivity index (χ3n) is 4.98. The molecule has 0 radical (unpaired) electrons. The van der Waals surface area contributed by atoms with Crippen LogP contribution in [0.2, 0.25) is 0 Å². The topological polar surface area (TPSA) is 105 Å². The van der Waals surface area contributed by atoms with Crippen LogP contribution in [0.1, 0.15) is 19.4 Å². The van der Waals surface area contributed by atoms with Gasteiger partial charge in [0.25, 0.3) is 10.0 Å². The van der Waals surface area contributed by atoms with Crippen molar-refractivity contribution in [1.82, 2.24) is 5.32 Å². The van der Waals surface area contributed by atoms with Gasteiger partial charge in [-0.1, -0.05) is 48.5 Å². The van der Waals surface area contributed by atoms with Crippen LogP contribution < -0.4 is 14.9 Å². The van der Waals surface area contributed by atoms with Crippen LogP contribution in [-0.2, 0) is 26.2 Å². The van der Waals surface area contributed by atoms with Crippen molar-refractivity contribution < 1.29 is 22.7 Å². The van der Waals surface area contributed by atoms with Gasteiger partial charge in [-0.2, -0.15) is 0 Å². The smallest absolute Gasteiger partial charge is 0.408 e. The van der Waals surface area contributed by atoms with Crippen LogP contribution in [0.5, 0.6) is 0 Å². The number of benzene rings is 3. The Morgan fingerprint density at radius 1 is 0.912 bits per heavy atom. The predicted octanol–water partition coefficient (Wildman–Crippen LogP) is 4.16. The molecule has 9 heteroatoms. The summed E-state index contributed by atoms with van der Waals surface area (Å²) in [6.45, 7) is 3.65. The van der Waals surface area contributed by atoms with Gasteiger partial charge >= 0.3 is 6.09 Å². The van der Waals surface area contributed by atoms with Crippen molar-refractivity contribution in [3.05, 3.63) is 90.5 Å². The van der Waals surface area contributed by atoms with Gasteiger partial charge in [0.2, 0.25) is 5.91 Å². The summed E-state index contributed by atoms with van der Waals surface area (Å²) < 4.78 is 32.6. The standard InChI is InChI=1S/C25H27N3O5S/c1-3-28(22-12-8-5-9-13-22)34(31,32)23-16-14-21(15-17-23)27-24(29)19(2)26-25(30)33-18-20-10-6-4-7-11-20/h4-17,19H,3,18H2,1-2H3,(H,26,30)(H,27,29)/t19-/m1/s1. The normalized spacial score (nSPS) is 11.8. The number of para-hydroxylation sites is 1. The van der Waals surface area contributed by atoms with E-state index >= 15 is 0 Å². The maximum Gasteiger partial charge on any atom is 0.408 e. The van der Waals surface area contributed by atoms with Gasteiger partial charge in [-0.15, -0.1) is 0 Å². The van der Waals surface area contributed by atoms with E-state index < -0.39 is 28.1 Å². The molecule has 34 heavy (non-hydrogen) atoms. The summed E-state index contributed by atoms with van der Waals surface area (Å²) in [4.78, 5) is 24.5. The average Bonchev–Trinajstić information content (AvgIpc) is 2.84. The van der Waals surface area contributed by atoms with Crippen LogP contribution in [-0.4, -0.2) is 33.0 Å². The highest BCUT2D eigenvalue weighted by molar-refractivity contribution is 7.92. The fourth-order valence-corrected chi connectivity index (χ4v) is 4.65. The first-order valence-electron chi connectivity index (χ1n) is 10.8. The lowest BCUT2D eigenvalue weighted by molar-refractivity contribution is -0.117. The minimum atomic E-state index is -3.76. The van der Waals surface area contributed by atoms with Crippen LogP contribution in [0.15, 0.2) is 89.8 Å². The maximum atomic E-state index is 13.1. The first kappa shape index (κ1) is 24.8. The molecule has 0 aliphatic heterocycles. The molecule has 3 rings (SSSR count). The largest absolute Gasteiger partial charge is 0.445 e. The Balaban J connectivity index is 1.58. The molecular weight excluding hydrogens is 454 g/mol. The van der Waals surface area contributed by atoms with Crippen molar-refractivity contribution in [2.24, 2.45) is 0 Å². The molecule has 1 atom stereocenters. The van der Waals surface area contributed by atoms with Crippen LogP contribution in [0.4, 0.5) is 16.2 Å². The Labute approximate surface area is 199 Å². The lowest BCUT2D eigenvalue weighted by atomic mass is 10.2. The molecular formula is C25H27N3O5S. The molecule has 3 aromatic rings. The number of ether oxygens (including phenoxy) is 1. The predicted molar refractivity (Wildman–Crippen MR) is 131 cm³/mol. The third kappa shape index (κ3) is 6.35. The number of amides is 2. The number of carbonyl (C=O) groups excluding carboxylic acids is 2. The van der Waals surface area contributed by atoms with Crippen molar-refractivity contribution in [2.45, 2.75) is 31.4 Å². The molecule has 0 aromatic heterocycles. The summed E-state index contributed by atoms with van der Waals surface area (Å²) in [7, 11) is -3.76. The fraction of sp³-hybridized carbons (Fsp3) is 0.200. The summed E-state index contributed by atoms with van der Waals surface area (Å²) >= 11 is 0. The quantitative estimate of drug-likeness (QED) is 0.478. The van der Waals surface area contributed by atoms with Crippen molar-refractivity contribution in [2.75, 3.05) is 16.2 Å². The Morgan fingerprint density at radius 3 is 2.09 bits per heavy atom. The van der Waals surface area contributed by atoms with E-state index in [1.165, 1.54) is 35.5 Å². The number of hydrogen-bond donors (Lipinski definition) is 2. The lowest BCUT2D eigenvalue weighted by Crippen LogP contribution is -2.41. The summed E-state index contributed by atoms with van der Waals surface area (Å²) in [6, 6.07) is 23.0. The fourth-order valence-electron chi connectivity index (χ4n) is 3.18. The Bertz CT molecular complexity index is 1200. The van der Waals surface area contributed by atoms with Crippen molar-refractivity contribution in [3.63, 3.8) is 0 Å². The Morgan fingerprint density at radius 2 is 1.50 bits per heavy atom. The summed E-state index contributed by atoms with van der Waals surface area (Å²) in [5.41, 5.74) is 1.80. The molecule has 2 N–H and O–H groups in total. The molecule has 3 aromatic carbocycles. The average molecular weight is 482 g/mol. The van der Waals surface area contributed by atoms with E-state index in [9.17, 15) is 18.0 Å². The second-order valence-corrected chi connectivity index (χ2v) is 9.31. The molecule has 0 fully saturated rings. The van der Waals surface area contributed by atoms with Crippen LogP contribution in [0.3, 0.4) is 0 Å². The zero-order valence-electron chi connectivity index (χ0n) is 19.0. The molecule has 0 heterocycles. The maximum absolute atomic E-state index is 13.1. The van der Waals surface area contributed by atoms with Crippen LogP contribution in [0.25, 0.3) is 0 Å². The van der Waals surface area contributed by atoms with Gasteiger partial charge in [-0.05, 0) is 55.8 Å². The number of carbonyl (C=O) groups is 2. The third-order valence-corrected chi connectivity index (χ3v) is 6.90. The van der Waals surface area contributed by atoms with Crippen LogP contribution >= 0.6 is 0 Å². The molecule has 2 amide bonds. The van der Waals surface area contributed by atoms with E-state index in [4.69, 9.17) is 4.74 Å². The van der Waals surface area contributed by atoms with E-state index in [2.05, 4.69) is 10.6 Å². The van der Waals surface area contributed by atoms with Crippen molar-refractivity contribution >= 4 is 33.4 Å². The molecule has 0 spiro atoms. The van der Waals surface area contributed by atoms with Gasteiger partial charge in [0.1, 0.15) is 12.6 Å². The number of hydrogen-bond acceptors (Lipinski definition) is 5. The monoisotopic (exact) mass is 481 g/mol. The summed E-state index contributed by atoms with van der Waals surface area (Å²) in [5, 5.41) is 5.13. The zero-order chi connectivity index (χ0) is 24.6. The number of rotatable bonds is 9. The van der Waals surface area contributed by atoms with Crippen molar-refractivity contribution in [3.8, 4) is 0 Å². The molecule has 8 nitrogen and oxygen atoms in total. The van der Waals surface area contributed by atoms with Crippen molar-refractivity contribution in [1.29, 1.82) is 0 Å². The Hall–Kier alpha value is -3.85. The SMILES string of the molecule is CCN(c1ccccc1)S(=O)(=O)c1ccc(NC(=O)[C@@H](C)NC(=O)OCc2ccccc2)cc1. The number of sulfonamides is 1. The molecule has 0 aliphatic rings. The van der Waals surface area contributed by atoms with Gasteiger partial charge in [-0.3, -0.25) is 9.10 Å². The Kier molecular flexibility index (Phi) is 8.26. The number of anilines is 2. The van der Waals surface area contributed by atoms with Crippen LogP contribution in [0, 0.1) is 0 Å². The van der Waals surface area contributed by atoms with E-state index in [-0.39, 0.29) is 18.0 Å². The van der Waals surface area contributed by atoms with Gasteiger partial charge in [0.15, 0.2) is 0 Å². The van der Waals surface area contributed by atoms with Gasteiger partial charge < -0.3 is 15.4 Å². The number of nitrogens with one attached hydrogen (secondary N) is 2. The zero-order valence-corrected chi connectivity index (χ0v) is 19.8. The highest BCUT2D eigenvalue weighted by Gasteiger charge is 2.23. The first-order valence-corrected chi connectivity index (χ1v) is 12.2. The van der Waals surface area contributed by atoms with E-state index in [0.717, 1.165) is 5.56 Å². The molecule has 178 valence electrons. The molecule has 0 saturated carbocycles.